The average Bonchev–Trinajstić information content (AvgIpc) is 2.35. The van der Waals surface area contributed by atoms with Crippen LogP contribution in [0, 0.1) is 5.41 Å². The summed E-state index contributed by atoms with van der Waals surface area (Å²) in [7, 11) is 0. The van der Waals surface area contributed by atoms with Crippen molar-refractivity contribution >= 4 is 11.9 Å². The summed E-state index contributed by atoms with van der Waals surface area (Å²) in [6, 6.07) is -0.569. The molecule has 1 heterocycles. The van der Waals surface area contributed by atoms with Crippen LogP contribution >= 0.6 is 0 Å². The highest BCUT2D eigenvalue weighted by molar-refractivity contribution is 5.82. The molecule has 0 unspecified atom stereocenters. The van der Waals surface area contributed by atoms with E-state index in [1.54, 1.807) is 0 Å². The van der Waals surface area contributed by atoms with Crippen LogP contribution in [0.1, 0.15) is 26.2 Å². The molecule has 1 atom stereocenters. The van der Waals surface area contributed by atoms with Crippen molar-refractivity contribution in [2.24, 2.45) is 11.1 Å². The molecule has 0 aliphatic carbocycles. The van der Waals surface area contributed by atoms with Gasteiger partial charge < -0.3 is 20.9 Å². The van der Waals surface area contributed by atoms with Crippen LogP contribution in [0.4, 0.5) is 0 Å². The van der Waals surface area contributed by atoms with Crippen molar-refractivity contribution in [2.45, 2.75) is 32.2 Å². The van der Waals surface area contributed by atoms with Gasteiger partial charge in [0.25, 0.3) is 0 Å². The Morgan fingerprint density at radius 1 is 1.47 bits per heavy atom. The first-order valence-electron chi connectivity index (χ1n) is 5.86. The summed E-state index contributed by atoms with van der Waals surface area (Å²) in [4.78, 5) is 22.8. The third-order valence-corrected chi connectivity index (χ3v) is 3.28. The van der Waals surface area contributed by atoms with Crippen molar-refractivity contribution in [3.63, 3.8) is 0 Å². The number of nitrogens with one attached hydrogen (secondary N) is 1. The number of hydrogen-bond acceptors (Lipinski definition) is 4. The highest BCUT2D eigenvalue weighted by Crippen LogP contribution is 2.30. The number of carbonyl (C=O) groups is 2. The van der Waals surface area contributed by atoms with Crippen molar-refractivity contribution in [1.29, 1.82) is 0 Å². The van der Waals surface area contributed by atoms with Gasteiger partial charge >= 0.3 is 5.97 Å². The first-order chi connectivity index (χ1) is 8.02. The number of carboxylic acids is 1. The van der Waals surface area contributed by atoms with Crippen molar-refractivity contribution in [3.8, 4) is 0 Å². The molecule has 4 N–H and O–H groups in total. The normalized spacial score (nSPS) is 20.6. The molecule has 1 amide bonds. The van der Waals surface area contributed by atoms with Gasteiger partial charge in [0.05, 0.1) is 11.5 Å². The largest absolute Gasteiger partial charge is 0.481 e. The van der Waals surface area contributed by atoms with E-state index in [1.807, 2.05) is 6.92 Å². The van der Waals surface area contributed by atoms with E-state index in [2.05, 4.69) is 5.32 Å². The number of carbonyl (C=O) groups excluding carboxylic acids is 1. The van der Waals surface area contributed by atoms with E-state index >= 15 is 0 Å². The Balaban J connectivity index is 2.56. The van der Waals surface area contributed by atoms with Gasteiger partial charge in [-0.2, -0.15) is 0 Å². The summed E-state index contributed by atoms with van der Waals surface area (Å²) < 4.78 is 5.15. The molecule has 6 nitrogen and oxygen atoms in total. The quantitative estimate of drug-likeness (QED) is 0.617. The maximum atomic E-state index is 11.5. The fraction of sp³-hybridized carbons (Fsp3) is 0.818. The van der Waals surface area contributed by atoms with E-state index in [4.69, 9.17) is 10.5 Å². The second-order valence-corrected chi connectivity index (χ2v) is 4.43. The predicted molar refractivity (Wildman–Crippen MR) is 61.4 cm³/mol. The zero-order valence-electron chi connectivity index (χ0n) is 10.1. The smallest absolute Gasteiger partial charge is 0.311 e. The molecule has 17 heavy (non-hydrogen) atoms. The highest BCUT2D eigenvalue weighted by atomic mass is 16.5. The number of rotatable bonds is 5. The molecule has 0 aromatic rings. The van der Waals surface area contributed by atoms with Crippen LogP contribution in [-0.4, -0.2) is 42.8 Å². The predicted octanol–water partition coefficient (Wildman–Crippen LogP) is -0.279. The van der Waals surface area contributed by atoms with Crippen molar-refractivity contribution in [1.82, 2.24) is 5.32 Å². The van der Waals surface area contributed by atoms with Gasteiger partial charge in [-0.05, 0) is 19.3 Å². The molecule has 98 valence electrons. The standard InChI is InChI=1S/C11H20N2O4/c1-2-8(12)9(14)13-7-11(10(15)16)3-5-17-6-4-11/h8H,2-7,12H2,1H3,(H,13,14)(H,15,16)/t8-/m0/s1. The van der Waals surface area contributed by atoms with E-state index in [9.17, 15) is 14.7 Å². The van der Waals surface area contributed by atoms with Gasteiger partial charge in [0.15, 0.2) is 0 Å². The minimum Gasteiger partial charge on any atom is -0.481 e. The molecular weight excluding hydrogens is 224 g/mol. The van der Waals surface area contributed by atoms with Gasteiger partial charge in [-0.3, -0.25) is 9.59 Å². The van der Waals surface area contributed by atoms with Crippen molar-refractivity contribution < 1.29 is 19.4 Å². The molecule has 1 saturated heterocycles. The monoisotopic (exact) mass is 244 g/mol. The number of hydrogen-bond donors (Lipinski definition) is 3. The molecule has 0 radical (unpaired) electrons. The zero-order valence-corrected chi connectivity index (χ0v) is 10.1. The summed E-state index contributed by atoms with van der Waals surface area (Å²) in [6.07, 6.45) is 1.38. The molecule has 1 fully saturated rings. The third-order valence-electron chi connectivity index (χ3n) is 3.28. The van der Waals surface area contributed by atoms with Gasteiger partial charge in [-0.15, -0.1) is 0 Å². The van der Waals surface area contributed by atoms with Gasteiger partial charge in [-0.25, -0.2) is 0 Å². The van der Waals surface area contributed by atoms with Crippen LogP contribution in [0.25, 0.3) is 0 Å². The Bertz CT molecular complexity index is 287. The number of aliphatic carboxylic acids is 1. The SMILES string of the molecule is CC[C@H](N)C(=O)NCC1(C(=O)O)CCOCC1. The lowest BCUT2D eigenvalue weighted by molar-refractivity contribution is -0.154. The van der Waals surface area contributed by atoms with E-state index in [0.29, 0.717) is 32.5 Å². The first-order valence-corrected chi connectivity index (χ1v) is 5.86. The van der Waals surface area contributed by atoms with Crippen LogP contribution in [0.3, 0.4) is 0 Å². The maximum Gasteiger partial charge on any atom is 0.311 e. The summed E-state index contributed by atoms with van der Waals surface area (Å²) in [5, 5.41) is 11.9. The molecule has 1 aliphatic rings. The van der Waals surface area contributed by atoms with Gasteiger partial charge in [0.2, 0.25) is 5.91 Å². The fourth-order valence-corrected chi connectivity index (χ4v) is 1.80. The maximum absolute atomic E-state index is 11.5. The Labute approximate surface area is 101 Å². The Morgan fingerprint density at radius 2 is 2.06 bits per heavy atom. The van der Waals surface area contributed by atoms with Gasteiger partial charge in [0.1, 0.15) is 0 Å². The van der Waals surface area contributed by atoms with Crippen molar-refractivity contribution in [2.75, 3.05) is 19.8 Å². The lowest BCUT2D eigenvalue weighted by atomic mass is 9.80. The molecule has 0 aromatic heterocycles. The molecule has 0 aromatic carbocycles. The fourth-order valence-electron chi connectivity index (χ4n) is 1.80. The second-order valence-electron chi connectivity index (χ2n) is 4.43. The van der Waals surface area contributed by atoms with Gasteiger partial charge in [0, 0.05) is 19.8 Å². The van der Waals surface area contributed by atoms with Gasteiger partial charge in [-0.1, -0.05) is 6.92 Å². The number of nitrogens with two attached hydrogens (primary N) is 1. The summed E-state index contributed by atoms with van der Waals surface area (Å²) >= 11 is 0. The third kappa shape index (κ3) is 3.41. The highest BCUT2D eigenvalue weighted by Gasteiger charge is 2.40. The topological polar surface area (TPSA) is 102 Å². The molecule has 1 aliphatic heterocycles. The van der Waals surface area contributed by atoms with E-state index in [1.165, 1.54) is 0 Å². The molecule has 0 spiro atoms. The lowest BCUT2D eigenvalue weighted by Gasteiger charge is -2.33. The number of amides is 1. The molecule has 0 saturated carbocycles. The number of carboxylic acid groups (broad SMARTS) is 1. The molecular formula is C11H20N2O4. The molecule has 6 heteroatoms. The summed E-state index contributed by atoms with van der Waals surface area (Å²) in [5.74, 6) is -1.18. The molecule has 0 bridgehead atoms. The number of ether oxygens (including phenoxy) is 1. The van der Waals surface area contributed by atoms with Crippen LogP contribution < -0.4 is 11.1 Å². The minimum absolute atomic E-state index is 0.123. The average molecular weight is 244 g/mol. The first kappa shape index (κ1) is 13.9. The summed E-state index contributed by atoms with van der Waals surface area (Å²) in [5.41, 5.74) is 4.67. The van der Waals surface area contributed by atoms with E-state index < -0.39 is 17.4 Å². The molecule has 1 rings (SSSR count). The zero-order chi connectivity index (χ0) is 12.9. The second kappa shape index (κ2) is 5.97. The minimum atomic E-state index is -0.901. The van der Waals surface area contributed by atoms with E-state index in [-0.39, 0.29) is 12.5 Å². The Hall–Kier alpha value is -1.14. The Kier molecular flexibility index (Phi) is 4.89. The van der Waals surface area contributed by atoms with Crippen LogP contribution in [0.15, 0.2) is 0 Å². The van der Waals surface area contributed by atoms with Crippen LogP contribution in [0.5, 0.6) is 0 Å². The van der Waals surface area contributed by atoms with Crippen molar-refractivity contribution in [3.05, 3.63) is 0 Å². The van der Waals surface area contributed by atoms with Crippen LogP contribution in [0.2, 0.25) is 0 Å². The van der Waals surface area contributed by atoms with E-state index in [0.717, 1.165) is 0 Å². The Morgan fingerprint density at radius 3 is 2.53 bits per heavy atom. The van der Waals surface area contributed by atoms with Crippen LogP contribution in [-0.2, 0) is 14.3 Å². The summed E-state index contributed by atoms with van der Waals surface area (Å²) in [6.45, 7) is 2.77. The lowest BCUT2D eigenvalue weighted by Crippen LogP contribution is -2.49.